The van der Waals surface area contributed by atoms with Crippen molar-refractivity contribution in [2.75, 3.05) is 0 Å². The van der Waals surface area contributed by atoms with E-state index in [4.69, 9.17) is 9.31 Å². The third-order valence-electron chi connectivity index (χ3n) is 3.82. The average Bonchev–Trinajstić information content (AvgIpc) is 2.56. The SMILES string of the molecule is CC1(C)OB(/C=C(\C=O)c2ccccc2)OC1(C)C. The van der Waals surface area contributed by atoms with Crippen LogP contribution in [0, 0.1) is 0 Å². The summed E-state index contributed by atoms with van der Waals surface area (Å²) >= 11 is 0. The maximum absolute atomic E-state index is 11.2. The molecule has 3 nitrogen and oxygen atoms in total. The fourth-order valence-electron chi connectivity index (χ4n) is 1.94. The van der Waals surface area contributed by atoms with Gasteiger partial charge in [0.05, 0.1) is 11.2 Å². The lowest BCUT2D eigenvalue weighted by Crippen LogP contribution is -2.41. The summed E-state index contributed by atoms with van der Waals surface area (Å²) in [7, 11) is -0.495. The fourth-order valence-corrected chi connectivity index (χ4v) is 1.94. The summed E-state index contributed by atoms with van der Waals surface area (Å²) < 4.78 is 11.7. The highest BCUT2D eigenvalue weighted by atomic mass is 16.7. The molecule has 0 amide bonds. The lowest BCUT2D eigenvalue weighted by Gasteiger charge is -2.32. The number of benzene rings is 1. The van der Waals surface area contributed by atoms with Gasteiger partial charge in [-0.2, -0.15) is 0 Å². The van der Waals surface area contributed by atoms with Crippen LogP contribution in [0.1, 0.15) is 33.3 Å². The molecule has 1 saturated heterocycles. The zero-order valence-electron chi connectivity index (χ0n) is 11.8. The van der Waals surface area contributed by atoms with Crippen molar-refractivity contribution in [2.45, 2.75) is 38.9 Å². The highest BCUT2D eigenvalue weighted by molar-refractivity contribution is 6.54. The van der Waals surface area contributed by atoms with Crippen molar-refractivity contribution in [1.82, 2.24) is 0 Å². The Kier molecular flexibility index (Phi) is 3.65. The van der Waals surface area contributed by atoms with Gasteiger partial charge in [0.2, 0.25) is 0 Å². The summed E-state index contributed by atoms with van der Waals surface area (Å²) in [5.41, 5.74) is 0.670. The molecular formula is C15H19BO3. The largest absolute Gasteiger partial charge is 0.487 e. The van der Waals surface area contributed by atoms with Gasteiger partial charge in [-0.3, -0.25) is 4.79 Å². The van der Waals surface area contributed by atoms with E-state index in [1.807, 2.05) is 58.0 Å². The maximum Gasteiger partial charge on any atom is 0.487 e. The molecule has 19 heavy (non-hydrogen) atoms. The molecule has 100 valence electrons. The summed E-state index contributed by atoms with van der Waals surface area (Å²) in [6.45, 7) is 7.96. The summed E-state index contributed by atoms with van der Waals surface area (Å²) in [4.78, 5) is 11.2. The number of carbonyl (C=O) groups is 1. The number of hydrogen-bond acceptors (Lipinski definition) is 3. The first-order chi connectivity index (χ1) is 8.86. The first-order valence-electron chi connectivity index (χ1n) is 6.44. The molecule has 0 aromatic heterocycles. The Morgan fingerprint density at radius 3 is 2.05 bits per heavy atom. The van der Waals surface area contributed by atoms with Gasteiger partial charge in [-0.05, 0) is 39.2 Å². The molecule has 1 aromatic carbocycles. The second-order valence-corrected chi connectivity index (χ2v) is 5.73. The van der Waals surface area contributed by atoms with Crippen molar-refractivity contribution < 1.29 is 14.1 Å². The predicted molar refractivity (Wildman–Crippen MR) is 76.6 cm³/mol. The van der Waals surface area contributed by atoms with Gasteiger partial charge in [0.15, 0.2) is 0 Å². The van der Waals surface area contributed by atoms with Crippen LogP contribution >= 0.6 is 0 Å². The molecular weight excluding hydrogens is 239 g/mol. The van der Waals surface area contributed by atoms with Crippen molar-refractivity contribution in [3.8, 4) is 0 Å². The monoisotopic (exact) mass is 258 g/mol. The van der Waals surface area contributed by atoms with Crippen molar-refractivity contribution >= 4 is 19.0 Å². The molecule has 0 unspecified atom stereocenters. The van der Waals surface area contributed by atoms with Crippen LogP contribution in [0.15, 0.2) is 36.3 Å². The summed E-state index contributed by atoms with van der Waals surface area (Å²) in [5, 5.41) is 0. The van der Waals surface area contributed by atoms with E-state index < -0.39 is 18.3 Å². The Morgan fingerprint density at radius 2 is 1.58 bits per heavy atom. The minimum absolute atomic E-state index is 0.390. The van der Waals surface area contributed by atoms with Crippen LogP contribution in [0.25, 0.3) is 5.57 Å². The van der Waals surface area contributed by atoms with Gasteiger partial charge in [0.25, 0.3) is 0 Å². The number of aldehydes is 1. The number of carbonyl (C=O) groups excluding carboxylic acids is 1. The highest BCUT2D eigenvalue weighted by Gasteiger charge is 2.50. The Morgan fingerprint density at radius 1 is 1.05 bits per heavy atom. The van der Waals surface area contributed by atoms with E-state index in [1.54, 1.807) is 5.98 Å². The molecule has 0 aliphatic carbocycles. The van der Waals surface area contributed by atoms with Crippen molar-refractivity contribution in [3.05, 3.63) is 41.9 Å². The number of hydrogen-bond donors (Lipinski definition) is 0. The van der Waals surface area contributed by atoms with Crippen LogP contribution in [0.4, 0.5) is 0 Å². The van der Waals surface area contributed by atoms with Gasteiger partial charge in [-0.15, -0.1) is 0 Å². The normalized spacial score (nSPS) is 21.5. The summed E-state index contributed by atoms with van der Waals surface area (Å²) in [5.74, 6) is 1.73. The second-order valence-electron chi connectivity index (χ2n) is 5.73. The highest BCUT2D eigenvalue weighted by Crippen LogP contribution is 2.37. The van der Waals surface area contributed by atoms with Crippen LogP contribution in [0.3, 0.4) is 0 Å². The molecule has 2 rings (SSSR count). The molecule has 0 radical (unpaired) electrons. The lowest BCUT2D eigenvalue weighted by molar-refractivity contribution is -0.103. The Hall–Kier alpha value is -1.39. The Bertz CT molecular complexity index is 475. The molecule has 0 saturated carbocycles. The lowest BCUT2D eigenvalue weighted by atomic mass is 9.85. The first-order valence-corrected chi connectivity index (χ1v) is 6.44. The van der Waals surface area contributed by atoms with E-state index in [0.717, 1.165) is 11.8 Å². The van der Waals surface area contributed by atoms with Gasteiger partial charge < -0.3 is 9.31 Å². The van der Waals surface area contributed by atoms with Gasteiger partial charge >= 0.3 is 7.12 Å². The van der Waals surface area contributed by atoms with E-state index in [1.165, 1.54) is 0 Å². The molecule has 4 heteroatoms. The minimum Gasteiger partial charge on any atom is -0.400 e. The van der Waals surface area contributed by atoms with E-state index in [0.29, 0.717) is 5.57 Å². The van der Waals surface area contributed by atoms with Gasteiger partial charge in [0, 0.05) is 5.57 Å². The molecule has 1 heterocycles. The summed E-state index contributed by atoms with van der Waals surface area (Å²) in [6, 6.07) is 9.51. The zero-order valence-corrected chi connectivity index (χ0v) is 11.8. The van der Waals surface area contributed by atoms with Gasteiger partial charge in [0.1, 0.15) is 6.29 Å². The molecule has 1 aliphatic rings. The van der Waals surface area contributed by atoms with E-state index in [9.17, 15) is 4.79 Å². The first kappa shape index (κ1) is 14.0. The quantitative estimate of drug-likeness (QED) is 0.475. The Labute approximate surface area is 114 Å². The van der Waals surface area contributed by atoms with E-state index in [2.05, 4.69) is 0 Å². The van der Waals surface area contributed by atoms with Crippen molar-refractivity contribution in [2.24, 2.45) is 0 Å². The van der Waals surface area contributed by atoms with Crippen LogP contribution in [-0.2, 0) is 14.1 Å². The third-order valence-corrected chi connectivity index (χ3v) is 3.82. The predicted octanol–water partition coefficient (Wildman–Crippen LogP) is 2.90. The topological polar surface area (TPSA) is 35.5 Å². The molecule has 1 fully saturated rings. The molecule has 0 atom stereocenters. The van der Waals surface area contributed by atoms with Gasteiger partial charge in [-0.25, -0.2) is 0 Å². The summed E-state index contributed by atoms with van der Waals surface area (Å²) in [6.07, 6.45) is 0.834. The standard InChI is InChI=1S/C15H19BO3/c1-14(2)15(3,4)19-16(18-14)10-13(11-17)12-8-6-5-7-9-12/h5-11H,1-4H3/b13-10+. The molecule has 0 N–H and O–H groups in total. The van der Waals surface area contributed by atoms with Crippen molar-refractivity contribution in [1.29, 1.82) is 0 Å². The third kappa shape index (κ3) is 2.80. The van der Waals surface area contributed by atoms with Crippen LogP contribution in [0.2, 0.25) is 0 Å². The van der Waals surface area contributed by atoms with E-state index in [-0.39, 0.29) is 0 Å². The van der Waals surface area contributed by atoms with Crippen LogP contribution in [-0.4, -0.2) is 24.6 Å². The number of allylic oxidation sites excluding steroid dienone is 1. The van der Waals surface area contributed by atoms with Crippen LogP contribution < -0.4 is 0 Å². The fraction of sp³-hybridized carbons (Fsp3) is 0.400. The van der Waals surface area contributed by atoms with Crippen LogP contribution in [0.5, 0.6) is 0 Å². The molecule has 0 spiro atoms. The molecule has 1 aromatic rings. The van der Waals surface area contributed by atoms with E-state index >= 15 is 0 Å². The molecule has 0 bridgehead atoms. The van der Waals surface area contributed by atoms with Gasteiger partial charge in [-0.1, -0.05) is 30.3 Å². The van der Waals surface area contributed by atoms with Crippen molar-refractivity contribution in [3.63, 3.8) is 0 Å². The average molecular weight is 258 g/mol. The minimum atomic E-state index is -0.495. The number of rotatable bonds is 3. The molecule has 1 aliphatic heterocycles. The zero-order chi connectivity index (χ0) is 14.1. The maximum atomic E-state index is 11.2. The Balaban J connectivity index is 2.25. The second kappa shape index (κ2) is 4.95. The smallest absolute Gasteiger partial charge is 0.400 e.